The Hall–Kier alpha value is -0.160. The highest BCUT2D eigenvalue weighted by Gasteiger charge is 2.27. The van der Waals surface area contributed by atoms with E-state index in [-0.39, 0.29) is 37.3 Å². The third kappa shape index (κ3) is 10.7. The Morgan fingerprint density at radius 3 is 0.958 bits per heavy atom. The van der Waals surface area contributed by atoms with Gasteiger partial charge in [0.25, 0.3) is 0 Å². The van der Waals surface area contributed by atoms with Crippen LogP contribution in [0.3, 0.4) is 0 Å². The highest BCUT2D eigenvalue weighted by atomic mass is 16.3. The minimum atomic E-state index is -0.205. The molecule has 148 valence electrons. The molecule has 0 saturated heterocycles. The minimum Gasteiger partial charge on any atom is -0.396 e. The fraction of sp³-hybridized carbons (Fsp3) is 1.00. The highest BCUT2D eigenvalue weighted by Crippen LogP contribution is 2.30. The molecule has 0 aromatic carbocycles. The van der Waals surface area contributed by atoms with Crippen LogP contribution in [0.1, 0.15) is 91.9 Å². The van der Waals surface area contributed by atoms with Crippen molar-refractivity contribution in [2.24, 2.45) is 10.8 Å². The quantitative estimate of drug-likeness (QED) is 0.384. The Morgan fingerprint density at radius 1 is 0.458 bits per heavy atom. The molecule has 0 aliphatic heterocycles. The van der Waals surface area contributed by atoms with Gasteiger partial charge in [0.05, 0.1) is 26.4 Å². The Morgan fingerprint density at radius 2 is 0.750 bits per heavy atom. The highest BCUT2D eigenvalue weighted by molar-refractivity contribution is 4.77. The van der Waals surface area contributed by atoms with E-state index in [1.807, 2.05) is 0 Å². The normalized spacial score (nSPS) is 12.0. The second-order valence-electron chi connectivity index (χ2n) is 7.34. The molecule has 0 aromatic rings. The maximum absolute atomic E-state index is 9.27. The lowest BCUT2D eigenvalue weighted by atomic mass is 9.80. The van der Waals surface area contributed by atoms with Gasteiger partial charge in [0.1, 0.15) is 0 Å². The van der Waals surface area contributed by atoms with Gasteiger partial charge in [-0.3, -0.25) is 0 Å². The first-order valence-electron chi connectivity index (χ1n) is 9.92. The average Bonchev–Trinajstić information content (AvgIpc) is 2.63. The summed E-state index contributed by atoms with van der Waals surface area (Å²) >= 11 is 0. The number of rotatable bonds is 14. The largest absolute Gasteiger partial charge is 0.396 e. The van der Waals surface area contributed by atoms with Gasteiger partial charge in [-0.25, -0.2) is 0 Å². The van der Waals surface area contributed by atoms with E-state index in [0.29, 0.717) is 0 Å². The predicted octanol–water partition coefficient (Wildman–Crippen LogP) is 3.90. The standard InChI is InChI=1S/C11H24O2.C9H20O2/c1-3-5-7-11(9-12,10-13)8-6-4-2;1-3-5-9(7-10,8-11)6-4-2/h12-13H,3-10H2,1-2H3;10-11H,3-8H2,1-2H3. The molecule has 0 saturated carbocycles. The molecule has 0 rings (SSSR count). The van der Waals surface area contributed by atoms with Crippen LogP contribution >= 0.6 is 0 Å². The number of aliphatic hydroxyl groups excluding tert-OH is 4. The van der Waals surface area contributed by atoms with Gasteiger partial charge >= 0.3 is 0 Å². The first-order valence-corrected chi connectivity index (χ1v) is 9.92. The Bertz CT molecular complexity index is 230. The van der Waals surface area contributed by atoms with Gasteiger partial charge in [-0.2, -0.15) is 0 Å². The molecule has 0 aliphatic carbocycles. The third-order valence-electron chi connectivity index (χ3n) is 5.02. The van der Waals surface area contributed by atoms with E-state index in [9.17, 15) is 10.2 Å². The molecule has 0 unspecified atom stereocenters. The minimum absolute atomic E-state index is 0.116. The molecule has 0 spiro atoms. The SMILES string of the molecule is CCCC(CO)(CO)CCC.CCCCC(CO)(CO)CCCC. The maximum Gasteiger partial charge on any atom is 0.0509 e. The molecule has 0 heterocycles. The Kier molecular flexibility index (Phi) is 17.7. The third-order valence-corrected chi connectivity index (χ3v) is 5.02. The van der Waals surface area contributed by atoms with Crippen molar-refractivity contribution in [2.75, 3.05) is 26.4 Å². The van der Waals surface area contributed by atoms with Crippen LogP contribution in [-0.2, 0) is 0 Å². The fourth-order valence-electron chi connectivity index (χ4n) is 3.15. The van der Waals surface area contributed by atoms with Gasteiger partial charge in [-0.1, -0.05) is 66.2 Å². The summed E-state index contributed by atoms with van der Waals surface area (Å²) in [5.74, 6) is 0. The molecule has 0 aromatic heterocycles. The van der Waals surface area contributed by atoms with Gasteiger partial charge < -0.3 is 20.4 Å². The Labute approximate surface area is 150 Å². The summed E-state index contributed by atoms with van der Waals surface area (Å²) in [5, 5.41) is 36.7. The second kappa shape index (κ2) is 16.3. The summed E-state index contributed by atoms with van der Waals surface area (Å²) in [6.07, 6.45) is 10.3. The summed E-state index contributed by atoms with van der Waals surface area (Å²) in [7, 11) is 0. The smallest absolute Gasteiger partial charge is 0.0509 e. The number of unbranched alkanes of at least 4 members (excludes halogenated alkanes) is 2. The van der Waals surface area contributed by atoms with Crippen molar-refractivity contribution in [1.82, 2.24) is 0 Å². The molecule has 4 nitrogen and oxygen atoms in total. The van der Waals surface area contributed by atoms with Gasteiger partial charge in [0.2, 0.25) is 0 Å². The average molecular weight is 349 g/mol. The zero-order valence-corrected chi connectivity index (χ0v) is 16.7. The van der Waals surface area contributed by atoms with Crippen LogP contribution in [-0.4, -0.2) is 46.9 Å². The predicted molar refractivity (Wildman–Crippen MR) is 102 cm³/mol. The summed E-state index contributed by atoms with van der Waals surface area (Å²) in [6, 6.07) is 0. The van der Waals surface area contributed by atoms with Crippen LogP contribution in [0.25, 0.3) is 0 Å². The molecule has 0 aliphatic rings. The first-order chi connectivity index (χ1) is 11.5. The molecular formula is C20H44O4. The van der Waals surface area contributed by atoms with Crippen molar-refractivity contribution in [3.8, 4) is 0 Å². The van der Waals surface area contributed by atoms with Crippen LogP contribution in [0.15, 0.2) is 0 Å². The zero-order valence-electron chi connectivity index (χ0n) is 16.7. The molecule has 4 N–H and O–H groups in total. The van der Waals surface area contributed by atoms with Crippen LogP contribution in [0.2, 0.25) is 0 Å². The number of aliphatic hydroxyl groups is 4. The van der Waals surface area contributed by atoms with Crippen LogP contribution in [0.4, 0.5) is 0 Å². The molecule has 0 bridgehead atoms. The lowest BCUT2D eigenvalue weighted by Gasteiger charge is -2.29. The lowest BCUT2D eigenvalue weighted by molar-refractivity contribution is 0.0361. The van der Waals surface area contributed by atoms with Gasteiger partial charge in [0.15, 0.2) is 0 Å². The van der Waals surface area contributed by atoms with Crippen LogP contribution < -0.4 is 0 Å². The van der Waals surface area contributed by atoms with E-state index < -0.39 is 0 Å². The van der Waals surface area contributed by atoms with Crippen molar-refractivity contribution < 1.29 is 20.4 Å². The molecule has 0 radical (unpaired) electrons. The van der Waals surface area contributed by atoms with Gasteiger partial charge in [0, 0.05) is 10.8 Å². The van der Waals surface area contributed by atoms with E-state index in [1.54, 1.807) is 0 Å². The van der Waals surface area contributed by atoms with Crippen molar-refractivity contribution in [1.29, 1.82) is 0 Å². The molecule has 24 heavy (non-hydrogen) atoms. The summed E-state index contributed by atoms with van der Waals surface area (Å²) in [6.45, 7) is 8.92. The topological polar surface area (TPSA) is 80.9 Å². The molecule has 0 atom stereocenters. The monoisotopic (exact) mass is 348 g/mol. The van der Waals surface area contributed by atoms with Crippen molar-refractivity contribution in [3.05, 3.63) is 0 Å². The van der Waals surface area contributed by atoms with Crippen molar-refractivity contribution in [2.45, 2.75) is 91.9 Å². The number of hydrogen-bond donors (Lipinski definition) is 4. The summed E-state index contributed by atoms with van der Waals surface area (Å²) in [5.41, 5.74) is -0.407. The van der Waals surface area contributed by atoms with Crippen molar-refractivity contribution in [3.63, 3.8) is 0 Å². The molecule has 0 fully saturated rings. The van der Waals surface area contributed by atoms with E-state index in [4.69, 9.17) is 10.2 Å². The Balaban J connectivity index is 0. The van der Waals surface area contributed by atoms with E-state index in [0.717, 1.165) is 64.2 Å². The number of hydrogen-bond acceptors (Lipinski definition) is 4. The van der Waals surface area contributed by atoms with E-state index >= 15 is 0 Å². The second-order valence-corrected chi connectivity index (χ2v) is 7.34. The summed E-state index contributed by atoms with van der Waals surface area (Å²) < 4.78 is 0. The van der Waals surface area contributed by atoms with E-state index in [2.05, 4.69) is 27.7 Å². The van der Waals surface area contributed by atoms with Gasteiger partial charge in [-0.05, 0) is 25.7 Å². The van der Waals surface area contributed by atoms with E-state index in [1.165, 1.54) is 0 Å². The van der Waals surface area contributed by atoms with Crippen LogP contribution in [0.5, 0.6) is 0 Å². The fourth-order valence-corrected chi connectivity index (χ4v) is 3.15. The zero-order chi connectivity index (χ0) is 18.9. The summed E-state index contributed by atoms with van der Waals surface area (Å²) in [4.78, 5) is 0. The van der Waals surface area contributed by atoms with Crippen LogP contribution in [0, 0.1) is 10.8 Å². The lowest BCUT2D eigenvalue weighted by Crippen LogP contribution is -2.29. The van der Waals surface area contributed by atoms with Crippen molar-refractivity contribution >= 4 is 0 Å². The maximum atomic E-state index is 9.27. The molecule has 4 heteroatoms. The van der Waals surface area contributed by atoms with Gasteiger partial charge in [-0.15, -0.1) is 0 Å². The molecular weight excluding hydrogens is 304 g/mol. The first kappa shape index (κ1) is 26.1. The molecule has 0 amide bonds.